The lowest BCUT2D eigenvalue weighted by molar-refractivity contribution is -0.256. The van der Waals surface area contributed by atoms with Gasteiger partial charge in [-0.1, -0.05) is 18.2 Å². The van der Waals surface area contributed by atoms with Gasteiger partial charge in [-0.15, -0.1) is 0 Å². The maximum Gasteiger partial charge on any atom is 0.416 e. The molecule has 2 aromatic rings. The Morgan fingerprint density at radius 3 is 2.30 bits per heavy atom. The van der Waals surface area contributed by atoms with Gasteiger partial charge in [0.15, 0.2) is 0 Å². The lowest BCUT2D eigenvalue weighted by Gasteiger charge is -2.32. The molecule has 0 N–H and O–H groups in total. The Morgan fingerprint density at radius 2 is 1.67 bits per heavy atom. The number of rotatable bonds is 4. The van der Waals surface area contributed by atoms with E-state index in [0.29, 0.717) is 37.7 Å². The van der Waals surface area contributed by atoms with Crippen molar-refractivity contribution in [1.82, 2.24) is 0 Å². The maximum absolute atomic E-state index is 13.3. The molecule has 0 unspecified atom stereocenters. The third kappa shape index (κ3) is 3.40. The number of amides is 1. The number of anilines is 1. The molecule has 4 nitrogen and oxygen atoms in total. The van der Waals surface area contributed by atoms with E-state index in [1.54, 1.807) is 4.90 Å². The van der Waals surface area contributed by atoms with Gasteiger partial charge in [0.1, 0.15) is 0 Å². The second-order valence-corrected chi connectivity index (χ2v) is 8.25. The van der Waals surface area contributed by atoms with Crippen LogP contribution in [0.5, 0.6) is 0 Å². The Morgan fingerprint density at radius 1 is 1.00 bits per heavy atom. The molecule has 5 rings (SSSR count). The first-order chi connectivity index (χ1) is 14.4. The van der Waals surface area contributed by atoms with E-state index >= 15 is 0 Å². The molecule has 7 heteroatoms. The Hall–Kier alpha value is -2.38. The molecule has 1 saturated heterocycles. The molecule has 3 aliphatic rings. The first-order valence-corrected chi connectivity index (χ1v) is 10.3. The SMILES string of the molecule is O=C1N(CC2CC2)c2ccc(Cc3ccc(C(F)(F)F)cc3)cc2C12OCCCO2. The van der Waals surface area contributed by atoms with Gasteiger partial charge >= 0.3 is 6.18 Å². The van der Waals surface area contributed by atoms with Crippen molar-refractivity contribution in [2.24, 2.45) is 5.92 Å². The van der Waals surface area contributed by atoms with E-state index in [0.717, 1.165) is 48.2 Å². The van der Waals surface area contributed by atoms with Crippen molar-refractivity contribution in [3.63, 3.8) is 0 Å². The fourth-order valence-electron chi connectivity index (χ4n) is 4.19. The number of benzene rings is 2. The van der Waals surface area contributed by atoms with Crippen LogP contribution in [0.15, 0.2) is 42.5 Å². The second-order valence-electron chi connectivity index (χ2n) is 8.25. The molecule has 2 aromatic carbocycles. The quantitative estimate of drug-likeness (QED) is 0.728. The van der Waals surface area contributed by atoms with Crippen LogP contribution in [0, 0.1) is 5.92 Å². The second kappa shape index (κ2) is 7.10. The van der Waals surface area contributed by atoms with Crippen molar-refractivity contribution in [3.05, 3.63) is 64.7 Å². The number of fused-ring (bicyclic) bond motifs is 2. The molecule has 1 aliphatic carbocycles. The van der Waals surface area contributed by atoms with Gasteiger partial charge in [0.05, 0.1) is 24.5 Å². The molecule has 2 fully saturated rings. The van der Waals surface area contributed by atoms with Crippen molar-refractivity contribution in [3.8, 4) is 0 Å². The number of alkyl halides is 3. The van der Waals surface area contributed by atoms with E-state index in [2.05, 4.69) is 0 Å². The molecular weight excluding hydrogens is 395 g/mol. The first-order valence-electron chi connectivity index (χ1n) is 10.3. The van der Waals surface area contributed by atoms with Crippen molar-refractivity contribution in [2.45, 2.75) is 37.6 Å². The highest BCUT2D eigenvalue weighted by Crippen LogP contribution is 2.47. The van der Waals surface area contributed by atoms with Crippen molar-refractivity contribution < 1.29 is 27.4 Å². The van der Waals surface area contributed by atoms with Gasteiger partial charge in [-0.3, -0.25) is 4.79 Å². The molecule has 1 saturated carbocycles. The molecule has 1 amide bonds. The number of carbonyl (C=O) groups is 1. The van der Waals surface area contributed by atoms with E-state index in [4.69, 9.17) is 9.47 Å². The van der Waals surface area contributed by atoms with Crippen LogP contribution in [0.3, 0.4) is 0 Å². The van der Waals surface area contributed by atoms with E-state index in [1.807, 2.05) is 18.2 Å². The van der Waals surface area contributed by atoms with Gasteiger partial charge in [0, 0.05) is 12.1 Å². The van der Waals surface area contributed by atoms with Crippen LogP contribution in [0.4, 0.5) is 18.9 Å². The van der Waals surface area contributed by atoms with Crippen LogP contribution in [0.1, 0.15) is 41.5 Å². The Balaban J connectivity index is 1.46. The highest BCUT2D eigenvalue weighted by molar-refractivity contribution is 6.06. The summed E-state index contributed by atoms with van der Waals surface area (Å²) in [5.74, 6) is -1.04. The molecule has 0 bridgehead atoms. The molecule has 2 heterocycles. The van der Waals surface area contributed by atoms with E-state index < -0.39 is 17.5 Å². The van der Waals surface area contributed by atoms with Crippen LogP contribution in [-0.4, -0.2) is 25.7 Å². The monoisotopic (exact) mass is 417 g/mol. The lowest BCUT2D eigenvalue weighted by atomic mass is 9.98. The number of nitrogens with zero attached hydrogens (tertiary/aromatic N) is 1. The summed E-state index contributed by atoms with van der Waals surface area (Å²) >= 11 is 0. The molecule has 30 heavy (non-hydrogen) atoms. The highest BCUT2D eigenvalue weighted by Gasteiger charge is 2.55. The zero-order valence-corrected chi connectivity index (χ0v) is 16.4. The van der Waals surface area contributed by atoms with E-state index in [9.17, 15) is 18.0 Å². The van der Waals surface area contributed by atoms with Gasteiger partial charge in [0.25, 0.3) is 11.7 Å². The minimum absolute atomic E-state index is 0.171. The van der Waals surface area contributed by atoms with Crippen molar-refractivity contribution >= 4 is 11.6 Å². The highest BCUT2D eigenvalue weighted by atomic mass is 19.4. The maximum atomic E-state index is 13.3. The fourth-order valence-corrected chi connectivity index (χ4v) is 4.19. The molecule has 0 aromatic heterocycles. The normalized spacial score (nSPS) is 20.6. The van der Waals surface area contributed by atoms with Crippen LogP contribution < -0.4 is 4.90 Å². The summed E-state index contributed by atoms with van der Waals surface area (Å²) < 4.78 is 50.2. The number of hydrogen-bond donors (Lipinski definition) is 0. The van der Waals surface area contributed by atoms with Gasteiger partial charge in [-0.05, 0) is 67.0 Å². The molecule has 0 atom stereocenters. The van der Waals surface area contributed by atoms with Crippen molar-refractivity contribution in [1.29, 1.82) is 0 Å². The van der Waals surface area contributed by atoms with E-state index in [-0.39, 0.29) is 5.91 Å². The Kier molecular flexibility index (Phi) is 4.63. The summed E-state index contributed by atoms with van der Waals surface area (Å²) in [6, 6.07) is 10.9. The molecular formula is C23H22F3NO3. The smallest absolute Gasteiger partial charge is 0.338 e. The topological polar surface area (TPSA) is 38.8 Å². The van der Waals surface area contributed by atoms with Crippen molar-refractivity contribution in [2.75, 3.05) is 24.7 Å². The summed E-state index contributed by atoms with van der Waals surface area (Å²) in [4.78, 5) is 15.1. The molecule has 158 valence electrons. The van der Waals surface area contributed by atoms with Crippen LogP contribution in [0.25, 0.3) is 0 Å². The predicted molar refractivity (Wildman–Crippen MR) is 104 cm³/mol. The zero-order valence-electron chi connectivity index (χ0n) is 16.4. The summed E-state index contributed by atoms with van der Waals surface area (Å²) in [7, 11) is 0. The third-order valence-electron chi connectivity index (χ3n) is 5.96. The summed E-state index contributed by atoms with van der Waals surface area (Å²) in [6.45, 7) is 1.57. The summed E-state index contributed by atoms with van der Waals surface area (Å²) in [6.07, 6.45) is -0.907. The molecule has 2 aliphatic heterocycles. The van der Waals surface area contributed by atoms with Crippen LogP contribution in [-0.2, 0) is 32.7 Å². The standard InChI is InChI=1S/C23H22F3NO3/c24-23(25,26)18-7-4-15(5-8-18)12-17-6-9-20-19(13-17)22(29-10-1-11-30-22)21(28)27(20)14-16-2-3-16/h4-9,13,16H,1-3,10-12,14H2. The molecule has 1 spiro atoms. The van der Waals surface area contributed by atoms with Gasteiger partial charge < -0.3 is 14.4 Å². The molecule has 0 radical (unpaired) electrons. The Labute approximate surface area is 172 Å². The summed E-state index contributed by atoms with van der Waals surface area (Å²) in [5.41, 5.74) is 2.51. The number of carbonyl (C=O) groups excluding carboxylic acids is 1. The third-order valence-corrected chi connectivity index (χ3v) is 5.96. The number of hydrogen-bond acceptors (Lipinski definition) is 3. The van der Waals surface area contributed by atoms with Crippen LogP contribution in [0.2, 0.25) is 0 Å². The van der Waals surface area contributed by atoms with Gasteiger partial charge in [-0.25, -0.2) is 0 Å². The number of halogens is 3. The van der Waals surface area contributed by atoms with Gasteiger partial charge in [0.2, 0.25) is 0 Å². The predicted octanol–water partition coefficient (Wildman–Crippen LogP) is 4.64. The Bertz CT molecular complexity index is 961. The zero-order chi connectivity index (χ0) is 20.9. The average Bonchev–Trinajstić information content (AvgIpc) is 3.53. The summed E-state index contributed by atoms with van der Waals surface area (Å²) in [5, 5.41) is 0. The largest absolute Gasteiger partial charge is 0.416 e. The minimum atomic E-state index is -4.35. The van der Waals surface area contributed by atoms with Gasteiger partial charge in [-0.2, -0.15) is 13.2 Å². The average molecular weight is 417 g/mol. The first kappa shape index (κ1) is 19.6. The fraction of sp³-hybridized carbons (Fsp3) is 0.435. The van der Waals surface area contributed by atoms with Crippen LogP contribution >= 0.6 is 0 Å². The van der Waals surface area contributed by atoms with E-state index in [1.165, 1.54) is 12.1 Å². The number of ether oxygens (including phenoxy) is 2. The minimum Gasteiger partial charge on any atom is -0.338 e. The lowest BCUT2D eigenvalue weighted by Crippen LogP contribution is -2.47.